The van der Waals surface area contributed by atoms with Crippen LogP contribution in [0.1, 0.15) is 54.4 Å². The molecular weight excluding hydrogens is 280 g/mol. The summed E-state index contributed by atoms with van der Waals surface area (Å²) in [4.78, 5) is 18.1. The van der Waals surface area contributed by atoms with Crippen molar-refractivity contribution in [1.82, 2.24) is 15.5 Å². The van der Waals surface area contributed by atoms with Crippen LogP contribution in [0.3, 0.4) is 0 Å². The van der Waals surface area contributed by atoms with Crippen LogP contribution in [-0.2, 0) is 4.74 Å². The molecule has 0 aromatic heterocycles. The van der Waals surface area contributed by atoms with E-state index in [1.54, 1.807) is 11.9 Å². The highest BCUT2D eigenvalue weighted by atomic mass is 16.6. The lowest BCUT2D eigenvalue weighted by molar-refractivity contribution is 0.0230. The molecule has 0 bridgehead atoms. The van der Waals surface area contributed by atoms with Gasteiger partial charge in [0.05, 0.1) is 0 Å². The molecule has 6 nitrogen and oxygen atoms in total. The van der Waals surface area contributed by atoms with E-state index in [2.05, 4.69) is 22.5 Å². The van der Waals surface area contributed by atoms with Crippen molar-refractivity contribution in [3.05, 3.63) is 0 Å². The Bertz CT molecular complexity index is 351. The van der Waals surface area contributed by atoms with Gasteiger partial charge < -0.3 is 20.3 Å². The average molecular weight is 314 g/mol. The first-order chi connectivity index (χ1) is 10.2. The molecule has 0 rings (SSSR count). The summed E-state index contributed by atoms with van der Waals surface area (Å²) >= 11 is 0. The Hall–Kier alpha value is -1.46. The third-order valence-electron chi connectivity index (χ3n) is 3.03. The predicted molar refractivity (Wildman–Crippen MR) is 92.3 cm³/mol. The summed E-state index contributed by atoms with van der Waals surface area (Å²) in [7, 11) is 1.77. The second-order valence-electron chi connectivity index (χ2n) is 6.42. The molecule has 6 heteroatoms. The van der Waals surface area contributed by atoms with Crippen LogP contribution in [-0.4, -0.2) is 55.3 Å². The van der Waals surface area contributed by atoms with Crippen molar-refractivity contribution in [2.45, 2.75) is 66.0 Å². The lowest BCUT2D eigenvalue weighted by Crippen LogP contribution is -2.42. The lowest BCUT2D eigenvalue weighted by Gasteiger charge is -2.28. The zero-order valence-electron chi connectivity index (χ0n) is 15.3. The van der Waals surface area contributed by atoms with Crippen molar-refractivity contribution in [3.63, 3.8) is 0 Å². The van der Waals surface area contributed by atoms with Gasteiger partial charge in [0.1, 0.15) is 5.60 Å². The summed E-state index contributed by atoms with van der Waals surface area (Å²) in [6.07, 6.45) is 1.56. The topological polar surface area (TPSA) is 66.0 Å². The number of nitrogens with one attached hydrogen (secondary N) is 2. The van der Waals surface area contributed by atoms with Gasteiger partial charge in [-0.25, -0.2) is 4.79 Å². The first kappa shape index (κ1) is 20.5. The number of aliphatic imine (C=N–C) groups is 1. The fraction of sp³-hybridized carbons (Fsp3) is 0.875. The molecule has 0 saturated heterocycles. The van der Waals surface area contributed by atoms with E-state index in [4.69, 9.17) is 4.74 Å². The Morgan fingerprint density at radius 3 is 2.41 bits per heavy atom. The summed E-state index contributed by atoms with van der Waals surface area (Å²) in [5.74, 6) is 0.830. The summed E-state index contributed by atoms with van der Waals surface area (Å²) in [6, 6.07) is 0.0939. The van der Waals surface area contributed by atoms with Crippen LogP contribution in [0, 0.1) is 0 Å². The Balaban J connectivity index is 4.25. The minimum absolute atomic E-state index is 0.0939. The van der Waals surface area contributed by atoms with Crippen molar-refractivity contribution in [3.8, 4) is 0 Å². The molecule has 0 radical (unpaired) electrons. The lowest BCUT2D eigenvalue weighted by atomic mass is 10.2. The van der Waals surface area contributed by atoms with Crippen LogP contribution >= 0.6 is 0 Å². The van der Waals surface area contributed by atoms with Crippen LogP contribution in [0.4, 0.5) is 4.79 Å². The molecule has 1 amide bonds. The molecule has 0 saturated carbocycles. The van der Waals surface area contributed by atoms with Crippen molar-refractivity contribution < 1.29 is 9.53 Å². The molecule has 0 aromatic carbocycles. The van der Waals surface area contributed by atoms with Gasteiger partial charge >= 0.3 is 6.09 Å². The van der Waals surface area contributed by atoms with Crippen LogP contribution in [0.25, 0.3) is 0 Å². The second-order valence-corrected chi connectivity index (χ2v) is 6.42. The van der Waals surface area contributed by atoms with Gasteiger partial charge in [0.15, 0.2) is 5.96 Å². The van der Waals surface area contributed by atoms with E-state index in [1.165, 1.54) is 0 Å². The van der Waals surface area contributed by atoms with E-state index >= 15 is 0 Å². The summed E-state index contributed by atoms with van der Waals surface area (Å²) in [5, 5.41) is 6.50. The van der Waals surface area contributed by atoms with Crippen LogP contribution in [0.2, 0.25) is 0 Å². The highest BCUT2D eigenvalue weighted by Crippen LogP contribution is 2.11. The summed E-state index contributed by atoms with van der Waals surface area (Å²) < 4.78 is 5.37. The third-order valence-corrected chi connectivity index (χ3v) is 3.03. The van der Waals surface area contributed by atoms with Gasteiger partial charge in [-0.15, -0.1) is 0 Å². The molecule has 1 atom stereocenters. The molecule has 0 aliphatic heterocycles. The van der Waals surface area contributed by atoms with E-state index in [-0.39, 0.29) is 12.1 Å². The van der Waals surface area contributed by atoms with Crippen LogP contribution in [0.5, 0.6) is 0 Å². The Morgan fingerprint density at radius 2 is 1.91 bits per heavy atom. The van der Waals surface area contributed by atoms with E-state index in [9.17, 15) is 4.79 Å². The fourth-order valence-corrected chi connectivity index (χ4v) is 1.67. The predicted octanol–water partition coefficient (Wildman–Crippen LogP) is 2.60. The molecule has 130 valence electrons. The van der Waals surface area contributed by atoms with Gasteiger partial charge in [0.2, 0.25) is 0 Å². The first-order valence-corrected chi connectivity index (χ1v) is 8.19. The largest absolute Gasteiger partial charge is 0.444 e. The Kier molecular flexibility index (Phi) is 9.61. The number of carbonyl (C=O) groups is 1. The highest BCUT2D eigenvalue weighted by Gasteiger charge is 2.22. The van der Waals surface area contributed by atoms with Crippen molar-refractivity contribution in [1.29, 1.82) is 0 Å². The first-order valence-electron chi connectivity index (χ1n) is 8.19. The number of nitrogens with zero attached hydrogens (tertiary/aromatic N) is 2. The maximum Gasteiger partial charge on any atom is 0.410 e. The molecular formula is C16H34N4O2. The molecule has 0 aliphatic rings. The molecule has 22 heavy (non-hydrogen) atoms. The molecule has 0 spiro atoms. The minimum atomic E-state index is -0.464. The molecule has 0 heterocycles. The minimum Gasteiger partial charge on any atom is -0.444 e. The van der Waals surface area contributed by atoms with Gasteiger partial charge in [-0.2, -0.15) is 0 Å². The Morgan fingerprint density at radius 1 is 1.27 bits per heavy atom. The van der Waals surface area contributed by atoms with Gasteiger partial charge in [-0.3, -0.25) is 4.99 Å². The number of hydrogen-bond acceptors (Lipinski definition) is 3. The second kappa shape index (κ2) is 10.3. The quantitative estimate of drug-likeness (QED) is 0.560. The smallest absolute Gasteiger partial charge is 0.410 e. The third kappa shape index (κ3) is 9.47. The molecule has 0 fully saturated rings. The zero-order chi connectivity index (χ0) is 17.2. The van der Waals surface area contributed by atoms with Crippen LogP contribution in [0.15, 0.2) is 4.99 Å². The van der Waals surface area contributed by atoms with Crippen LogP contribution < -0.4 is 10.6 Å². The summed E-state index contributed by atoms with van der Waals surface area (Å²) in [5.41, 5.74) is -0.464. The zero-order valence-corrected chi connectivity index (χ0v) is 15.3. The fourth-order valence-electron chi connectivity index (χ4n) is 1.67. The number of rotatable bonds is 7. The number of hydrogen-bond donors (Lipinski definition) is 2. The molecule has 0 aliphatic carbocycles. The van der Waals surface area contributed by atoms with E-state index in [1.807, 2.05) is 34.6 Å². The van der Waals surface area contributed by atoms with Crippen molar-refractivity contribution in [2.24, 2.45) is 4.99 Å². The van der Waals surface area contributed by atoms with Crippen molar-refractivity contribution in [2.75, 3.05) is 26.7 Å². The number of amides is 1. The Labute approximate surface area is 135 Å². The molecule has 2 N–H and O–H groups in total. The maximum absolute atomic E-state index is 12.0. The number of carbonyl (C=O) groups excluding carboxylic acids is 1. The highest BCUT2D eigenvalue weighted by molar-refractivity contribution is 5.79. The summed E-state index contributed by atoms with van der Waals surface area (Å²) in [6.45, 7) is 14.2. The van der Waals surface area contributed by atoms with Gasteiger partial charge in [-0.1, -0.05) is 6.92 Å². The van der Waals surface area contributed by atoms with Gasteiger partial charge in [0, 0.05) is 32.7 Å². The van der Waals surface area contributed by atoms with Gasteiger partial charge in [0.25, 0.3) is 0 Å². The SMILES string of the molecule is CCCN=C(NCC)NCCC(C)N(C)C(=O)OC(C)(C)C. The number of guanidine groups is 1. The van der Waals surface area contributed by atoms with E-state index in [0.29, 0.717) is 0 Å². The van der Waals surface area contributed by atoms with Crippen molar-refractivity contribution >= 4 is 12.1 Å². The van der Waals surface area contributed by atoms with E-state index < -0.39 is 5.60 Å². The monoisotopic (exact) mass is 314 g/mol. The maximum atomic E-state index is 12.0. The molecule has 0 aromatic rings. The molecule has 1 unspecified atom stereocenters. The average Bonchev–Trinajstić information content (AvgIpc) is 2.41. The van der Waals surface area contributed by atoms with Gasteiger partial charge in [-0.05, 0) is 47.5 Å². The van der Waals surface area contributed by atoms with E-state index in [0.717, 1.165) is 38.4 Å². The number of ether oxygens (including phenoxy) is 1. The standard InChI is InChI=1S/C16H34N4O2/c1-8-11-18-14(17-9-2)19-12-10-13(3)20(7)15(21)22-16(4,5)6/h13H,8-12H2,1-7H3,(H2,17,18,19). The normalized spacial score (nSPS) is 13.5.